The number of rotatable bonds is 3. The van der Waals surface area contributed by atoms with Crippen molar-refractivity contribution in [1.29, 1.82) is 0 Å². The Labute approximate surface area is 153 Å². The van der Waals surface area contributed by atoms with Crippen LogP contribution in [0, 0.1) is 32.6 Å². The molecule has 0 N–H and O–H groups in total. The Balaban J connectivity index is 1.51. The van der Waals surface area contributed by atoms with Gasteiger partial charge in [-0.1, -0.05) is 19.1 Å². The molecule has 138 valence electrons. The summed E-state index contributed by atoms with van der Waals surface area (Å²) in [5.41, 5.74) is 5.69. The molecule has 0 heterocycles. The SMILES string of the molecule is Cc1cc(C2CCC(OC(=O)C3CCC(C)CC3)CC2)cc(C)c1C. The molecule has 0 radical (unpaired) electrons. The largest absolute Gasteiger partial charge is 0.462 e. The van der Waals surface area contributed by atoms with Crippen LogP contribution in [-0.4, -0.2) is 12.1 Å². The van der Waals surface area contributed by atoms with Gasteiger partial charge in [0.2, 0.25) is 0 Å². The predicted molar refractivity (Wildman–Crippen MR) is 103 cm³/mol. The molecule has 2 saturated carbocycles. The summed E-state index contributed by atoms with van der Waals surface area (Å²) < 4.78 is 5.88. The van der Waals surface area contributed by atoms with E-state index in [9.17, 15) is 4.79 Å². The predicted octanol–water partition coefficient (Wildman–Crippen LogP) is 6.01. The van der Waals surface area contributed by atoms with Crippen molar-refractivity contribution in [3.05, 3.63) is 34.4 Å². The van der Waals surface area contributed by atoms with E-state index in [1.165, 1.54) is 35.1 Å². The van der Waals surface area contributed by atoms with Crippen LogP contribution in [0.1, 0.15) is 86.5 Å². The summed E-state index contributed by atoms with van der Waals surface area (Å²) in [6.45, 7) is 8.92. The Kier molecular flexibility index (Phi) is 5.86. The first-order valence-corrected chi connectivity index (χ1v) is 10.2. The maximum Gasteiger partial charge on any atom is 0.309 e. The molecule has 1 aromatic rings. The van der Waals surface area contributed by atoms with Gasteiger partial charge in [0.05, 0.1) is 5.92 Å². The monoisotopic (exact) mass is 342 g/mol. The zero-order chi connectivity index (χ0) is 18.0. The van der Waals surface area contributed by atoms with Crippen LogP contribution in [0.3, 0.4) is 0 Å². The molecule has 0 unspecified atom stereocenters. The van der Waals surface area contributed by atoms with E-state index in [1.54, 1.807) is 0 Å². The standard InChI is InChI=1S/C23H34O2/c1-15-5-7-20(8-6-15)23(24)25-22-11-9-19(10-12-22)21-13-16(2)18(4)17(3)14-21/h13-15,19-20,22H,5-12H2,1-4H3. The van der Waals surface area contributed by atoms with Gasteiger partial charge in [-0.05, 0) is 106 Å². The minimum Gasteiger partial charge on any atom is -0.462 e. The topological polar surface area (TPSA) is 26.3 Å². The van der Waals surface area contributed by atoms with E-state index in [4.69, 9.17) is 4.74 Å². The van der Waals surface area contributed by atoms with Gasteiger partial charge in [-0.25, -0.2) is 0 Å². The molecule has 0 atom stereocenters. The maximum absolute atomic E-state index is 12.4. The van der Waals surface area contributed by atoms with Gasteiger partial charge in [0, 0.05) is 0 Å². The third kappa shape index (κ3) is 4.46. The van der Waals surface area contributed by atoms with Crippen LogP contribution in [-0.2, 0) is 9.53 Å². The van der Waals surface area contributed by atoms with E-state index in [0.29, 0.717) is 5.92 Å². The molecular weight excluding hydrogens is 308 g/mol. The van der Waals surface area contributed by atoms with Crippen LogP contribution in [0.15, 0.2) is 12.1 Å². The van der Waals surface area contributed by atoms with Gasteiger partial charge in [-0.3, -0.25) is 4.79 Å². The summed E-state index contributed by atoms with van der Waals surface area (Å²) in [6, 6.07) is 4.73. The molecule has 2 aliphatic rings. The fraction of sp³-hybridized carbons (Fsp3) is 0.696. The molecular formula is C23H34O2. The normalized spacial score (nSPS) is 30.1. The highest BCUT2D eigenvalue weighted by molar-refractivity contribution is 5.72. The Bertz CT molecular complexity index is 580. The highest BCUT2D eigenvalue weighted by Gasteiger charge is 2.30. The number of carbonyl (C=O) groups is 1. The third-order valence-electron chi connectivity index (χ3n) is 6.73. The van der Waals surface area contributed by atoms with Gasteiger partial charge >= 0.3 is 5.97 Å². The lowest BCUT2D eigenvalue weighted by Crippen LogP contribution is -2.29. The molecule has 1 aromatic carbocycles. The molecule has 0 aliphatic heterocycles. The van der Waals surface area contributed by atoms with Crippen molar-refractivity contribution in [2.75, 3.05) is 0 Å². The van der Waals surface area contributed by atoms with Crippen LogP contribution in [0.25, 0.3) is 0 Å². The van der Waals surface area contributed by atoms with E-state index in [0.717, 1.165) is 44.4 Å². The average molecular weight is 343 g/mol. The summed E-state index contributed by atoms with van der Waals surface area (Å²) >= 11 is 0. The van der Waals surface area contributed by atoms with Crippen molar-refractivity contribution in [3.8, 4) is 0 Å². The second-order valence-corrected chi connectivity index (χ2v) is 8.65. The summed E-state index contributed by atoms with van der Waals surface area (Å²) in [7, 11) is 0. The lowest BCUT2D eigenvalue weighted by Gasteiger charge is -2.31. The van der Waals surface area contributed by atoms with Gasteiger partial charge in [0.1, 0.15) is 6.10 Å². The first-order chi connectivity index (χ1) is 11.9. The lowest BCUT2D eigenvalue weighted by atomic mass is 9.81. The number of carbonyl (C=O) groups excluding carboxylic acids is 1. The molecule has 2 fully saturated rings. The molecule has 0 aromatic heterocycles. The minimum atomic E-state index is 0.0809. The third-order valence-corrected chi connectivity index (χ3v) is 6.73. The van der Waals surface area contributed by atoms with Gasteiger partial charge < -0.3 is 4.74 Å². The quantitative estimate of drug-likeness (QED) is 0.629. The van der Waals surface area contributed by atoms with E-state index in [-0.39, 0.29) is 18.0 Å². The molecule has 2 heteroatoms. The molecule has 0 amide bonds. The molecule has 3 rings (SSSR count). The van der Waals surface area contributed by atoms with Crippen LogP contribution in [0.4, 0.5) is 0 Å². The number of benzene rings is 1. The van der Waals surface area contributed by atoms with Crippen molar-refractivity contribution < 1.29 is 9.53 Å². The van der Waals surface area contributed by atoms with Crippen molar-refractivity contribution in [2.24, 2.45) is 11.8 Å². The van der Waals surface area contributed by atoms with Crippen molar-refractivity contribution in [1.82, 2.24) is 0 Å². The fourth-order valence-corrected chi connectivity index (χ4v) is 4.58. The Hall–Kier alpha value is -1.31. The first-order valence-electron chi connectivity index (χ1n) is 10.2. The number of hydrogen-bond donors (Lipinski definition) is 0. The number of hydrogen-bond acceptors (Lipinski definition) is 2. The number of esters is 1. The summed E-state index contributed by atoms with van der Waals surface area (Å²) in [5.74, 6) is 1.65. The first kappa shape index (κ1) is 18.5. The maximum atomic E-state index is 12.4. The average Bonchev–Trinajstić information content (AvgIpc) is 2.60. The van der Waals surface area contributed by atoms with E-state index < -0.39 is 0 Å². The Morgan fingerprint density at radius 1 is 0.880 bits per heavy atom. The van der Waals surface area contributed by atoms with Gasteiger partial charge in [-0.2, -0.15) is 0 Å². The van der Waals surface area contributed by atoms with Gasteiger partial charge in [-0.15, -0.1) is 0 Å². The van der Waals surface area contributed by atoms with Crippen LogP contribution >= 0.6 is 0 Å². The Morgan fingerprint density at radius 2 is 1.44 bits per heavy atom. The molecule has 0 spiro atoms. The molecule has 0 bridgehead atoms. The minimum absolute atomic E-state index is 0.0809. The van der Waals surface area contributed by atoms with Gasteiger partial charge in [0.15, 0.2) is 0 Å². The number of aryl methyl sites for hydroxylation is 2. The van der Waals surface area contributed by atoms with Crippen LogP contribution in [0.2, 0.25) is 0 Å². The number of ether oxygens (including phenoxy) is 1. The van der Waals surface area contributed by atoms with Crippen LogP contribution in [0.5, 0.6) is 0 Å². The fourth-order valence-electron chi connectivity index (χ4n) is 4.58. The molecule has 2 nitrogen and oxygen atoms in total. The molecule has 25 heavy (non-hydrogen) atoms. The zero-order valence-electron chi connectivity index (χ0n) is 16.4. The Morgan fingerprint density at radius 3 is 2.00 bits per heavy atom. The second-order valence-electron chi connectivity index (χ2n) is 8.65. The van der Waals surface area contributed by atoms with E-state index in [1.807, 2.05) is 0 Å². The van der Waals surface area contributed by atoms with Crippen molar-refractivity contribution in [2.45, 2.75) is 91.1 Å². The van der Waals surface area contributed by atoms with E-state index >= 15 is 0 Å². The smallest absolute Gasteiger partial charge is 0.309 e. The highest BCUT2D eigenvalue weighted by Crippen LogP contribution is 2.36. The van der Waals surface area contributed by atoms with E-state index in [2.05, 4.69) is 39.8 Å². The van der Waals surface area contributed by atoms with Crippen LogP contribution < -0.4 is 0 Å². The summed E-state index contributed by atoms with van der Waals surface area (Å²) in [5, 5.41) is 0. The van der Waals surface area contributed by atoms with Gasteiger partial charge in [0.25, 0.3) is 0 Å². The molecule has 0 saturated heterocycles. The lowest BCUT2D eigenvalue weighted by molar-refractivity contribution is -0.157. The zero-order valence-corrected chi connectivity index (χ0v) is 16.4. The summed E-state index contributed by atoms with van der Waals surface area (Å²) in [4.78, 5) is 12.4. The summed E-state index contributed by atoms with van der Waals surface area (Å²) in [6.07, 6.45) is 8.88. The molecule has 2 aliphatic carbocycles. The highest BCUT2D eigenvalue weighted by atomic mass is 16.5. The van der Waals surface area contributed by atoms with Crippen molar-refractivity contribution >= 4 is 5.97 Å². The second kappa shape index (κ2) is 7.93. The van der Waals surface area contributed by atoms with Crippen molar-refractivity contribution in [3.63, 3.8) is 0 Å².